The molecule has 0 aliphatic rings. The van der Waals surface area contributed by atoms with Gasteiger partial charge in [0.25, 0.3) is 5.82 Å². The normalized spacial score (nSPS) is 10.2. The first-order chi connectivity index (χ1) is 9.02. The number of esters is 1. The van der Waals surface area contributed by atoms with E-state index in [1.807, 2.05) is 0 Å². The molecule has 1 aromatic heterocycles. The number of carbonyl (C=O) groups is 2. The number of carboxylic acids is 1. The van der Waals surface area contributed by atoms with Crippen LogP contribution in [-0.4, -0.2) is 38.9 Å². The summed E-state index contributed by atoms with van der Waals surface area (Å²) < 4.78 is 5.64. The van der Waals surface area contributed by atoms with Crippen molar-refractivity contribution in [3.63, 3.8) is 0 Å². The van der Waals surface area contributed by atoms with Crippen molar-refractivity contribution in [1.82, 2.24) is 14.8 Å². The second kappa shape index (κ2) is 4.77. The van der Waals surface area contributed by atoms with Crippen molar-refractivity contribution in [3.8, 4) is 5.69 Å². The molecule has 8 nitrogen and oxygen atoms in total. The third-order valence-corrected chi connectivity index (χ3v) is 2.36. The largest absolute Gasteiger partial charge is 0.478 e. The van der Waals surface area contributed by atoms with Crippen molar-refractivity contribution in [2.45, 2.75) is 0 Å². The van der Waals surface area contributed by atoms with Crippen molar-refractivity contribution in [2.24, 2.45) is 0 Å². The second-order valence-corrected chi connectivity index (χ2v) is 3.59. The molecule has 8 heteroatoms. The molecule has 3 N–H and O–H groups in total. The highest BCUT2D eigenvalue weighted by atomic mass is 16.5. The third-order valence-electron chi connectivity index (χ3n) is 2.36. The molecule has 0 radical (unpaired) electrons. The topological polar surface area (TPSA) is 120 Å². The predicted octanol–water partition coefficient (Wildman–Crippen LogP) is 0.334. The zero-order chi connectivity index (χ0) is 14.0. The quantitative estimate of drug-likeness (QED) is 0.604. The number of aromatic carboxylic acids is 1. The molecule has 0 saturated heterocycles. The maximum atomic E-state index is 11.2. The van der Waals surface area contributed by atoms with Gasteiger partial charge in [-0.3, -0.25) is 0 Å². The van der Waals surface area contributed by atoms with Crippen molar-refractivity contribution in [2.75, 3.05) is 12.8 Å². The van der Waals surface area contributed by atoms with E-state index in [-0.39, 0.29) is 17.1 Å². The Bertz CT molecular complexity index is 650. The molecule has 0 fully saturated rings. The first-order valence-electron chi connectivity index (χ1n) is 5.16. The van der Waals surface area contributed by atoms with Gasteiger partial charge in [-0.15, -0.1) is 5.10 Å². The Kier molecular flexibility index (Phi) is 3.15. The molecular formula is C11H10N4O4. The summed E-state index contributed by atoms with van der Waals surface area (Å²) in [6.45, 7) is 0. The Labute approximate surface area is 107 Å². The van der Waals surface area contributed by atoms with Gasteiger partial charge in [-0.1, -0.05) is 0 Å². The lowest BCUT2D eigenvalue weighted by Gasteiger charge is -2.06. The number of carbonyl (C=O) groups excluding carboxylic acids is 1. The molecule has 1 heterocycles. The summed E-state index contributed by atoms with van der Waals surface area (Å²) in [4.78, 5) is 26.1. The molecule has 2 aromatic rings. The Morgan fingerprint density at radius 3 is 2.79 bits per heavy atom. The van der Waals surface area contributed by atoms with Crippen LogP contribution in [-0.2, 0) is 4.74 Å². The van der Waals surface area contributed by atoms with E-state index in [0.717, 1.165) is 0 Å². The Morgan fingerprint density at radius 2 is 2.16 bits per heavy atom. The molecule has 98 valence electrons. The zero-order valence-electron chi connectivity index (χ0n) is 9.90. The van der Waals surface area contributed by atoms with Crippen LogP contribution < -0.4 is 5.73 Å². The van der Waals surface area contributed by atoms with Crippen molar-refractivity contribution < 1.29 is 19.4 Å². The number of hydrogen-bond donors (Lipinski definition) is 2. The predicted molar refractivity (Wildman–Crippen MR) is 64.1 cm³/mol. The SMILES string of the molecule is COC(=O)c1ncn(-c2ccc(N)cc2C(=O)O)n1. The lowest BCUT2D eigenvalue weighted by molar-refractivity contribution is 0.0586. The Hall–Kier alpha value is -2.90. The number of ether oxygens (including phenoxy) is 1. The maximum Gasteiger partial charge on any atom is 0.377 e. The van der Waals surface area contributed by atoms with Gasteiger partial charge < -0.3 is 15.6 Å². The van der Waals surface area contributed by atoms with E-state index in [0.29, 0.717) is 5.69 Å². The molecule has 19 heavy (non-hydrogen) atoms. The number of nitrogens with zero attached hydrogens (tertiary/aromatic N) is 3. The summed E-state index contributed by atoms with van der Waals surface area (Å²) >= 11 is 0. The molecule has 2 rings (SSSR count). The van der Waals surface area contributed by atoms with Crippen LogP contribution in [0.4, 0.5) is 5.69 Å². The van der Waals surface area contributed by atoms with E-state index in [4.69, 9.17) is 10.8 Å². The summed E-state index contributed by atoms with van der Waals surface area (Å²) in [7, 11) is 1.20. The number of aromatic nitrogens is 3. The molecule has 0 unspecified atom stereocenters. The molecule has 1 aromatic carbocycles. The monoisotopic (exact) mass is 262 g/mol. The minimum absolute atomic E-state index is 0.0404. The van der Waals surface area contributed by atoms with Gasteiger partial charge in [-0.25, -0.2) is 19.3 Å². The number of rotatable bonds is 3. The molecule has 0 aliphatic carbocycles. The second-order valence-electron chi connectivity index (χ2n) is 3.59. The van der Waals surface area contributed by atoms with Gasteiger partial charge in [0, 0.05) is 5.69 Å². The Morgan fingerprint density at radius 1 is 1.42 bits per heavy atom. The van der Waals surface area contributed by atoms with Crippen LogP contribution >= 0.6 is 0 Å². The van der Waals surface area contributed by atoms with Crippen LogP contribution in [0.5, 0.6) is 0 Å². The van der Waals surface area contributed by atoms with Gasteiger partial charge in [-0.2, -0.15) is 0 Å². The minimum Gasteiger partial charge on any atom is -0.478 e. The molecule has 0 aliphatic heterocycles. The number of nitrogens with two attached hydrogens (primary N) is 1. The van der Waals surface area contributed by atoms with Crippen molar-refractivity contribution >= 4 is 17.6 Å². The molecule has 0 atom stereocenters. The van der Waals surface area contributed by atoms with Crippen LogP contribution in [0.1, 0.15) is 21.0 Å². The average Bonchev–Trinajstić information content (AvgIpc) is 2.87. The lowest BCUT2D eigenvalue weighted by atomic mass is 10.1. The smallest absolute Gasteiger partial charge is 0.377 e. The van der Waals surface area contributed by atoms with Crippen molar-refractivity contribution in [3.05, 3.63) is 35.9 Å². The number of benzene rings is 1. The zero-order valence-corrected chi connectivity index (χ0v) is 9.90. The fourth-order valence-corrected chi connectivity index (χ4v) is 1.49. The number of nitrogen functional groups attached to an aromatic ring is 1. The molecule has 0 amide bonds. The number of hydrogen-bond acceptors (Lipinski definition) is 6. The van der Waals surface area contributed by atoms with Crippen LogP contribution in [0.15, 0.2) is 24.5 Å². The third kappa shape index (κ3) is 2.37. The van der Waals surface area contributed by atoms with E-state index in [9.17, 15) is 9.59 Å². The van der Waals surface area contributed by atoms with Gasteiger partial charge >= 0.3 is 11.9 Å². The first-order valence-corrected chi connectivity index (χ1v) is 5.16. The highest BCUT2D eigenvalue weighted by molar-refractivity contribution is 5.93. The maximum absolute atomic E-state index is 11.2. The summed E-state index contributed by atoms with van der Waals surface area (Å²) in [5.41, 5.74) is 6.06. The number of carboxylic acid groups (broad SMARTS) is 1. The summed E-state index contributed by atoms with van der Waals surface area (Å²) in [5.74, 6) is -2.01. The van der Waals surface area contributed by atoms with Crippen LogP contribution in [0.25, 0.3) is 5.69 Å². The minimum atomic E-state index is -1.16. The fraction of sp³-hybridized carbons (Fsp3) is 0.0909. The van der Waals surface area contributed by atoms with E-state index in [1.54, 1.807) is 0 Å². The fourth-order valence-electron chi connectivity index (χ4n) is 1.49. The Balaban J connectivity index is 2.50. The standard InChI is InChI=1S/C11H10N4O4/c1-19-11(18)9-13-5-15(14-9)8-3-2-6(12)4-7(8)10(16)17/h2-5H,12H2,1H3,(H,16,17). The first kappa shape index (κ1) is 12.6. The van der Waals surface area contributed by atoms with Crippen LogP contribution in [0.3, 0.4) is 0 Å². The van der Waals surface area contributed by atoms with E-state index < -0.39 is 11.9 Å². The van der Waals surface area contributed by atoms with Crippen molar-refractivity contribution in [1.29, 1.82) is 0 Å². The van der Waals surface area contributed by atoms with E-state index >= 15 is 0 Å². The highest BCUT2D eigenvalue weighted by Gasteiger charge is 2.16. The highest BCUT2D eigenvalue weighted by Crippen LogP contribution is 2.17. The van der Waals surface area contributed by atoms with E-state index in [1.165, 1.54) is 36.3 Å². The van der Waals surface area contributed by atoms with Gasteiger partial charge in [0.05, 0.1) is 18.4 Å². The lowest BCUT2D eigenvalue weighted by Crippen LogP contribution is -2.09. The number of methoxy groups -OCH3 is 1. The molecule has 0 saturated carbocycles. The average molecular weight is 262 g/mol. The van der Waals surface area contributed by atoms with Crippen LogP contribution in [0, 0.1) is 0 Å². The van der Waals surface area contributed by atoms with Gasteiger partial charge in [-0.05, 0) is 18.2 Å². The van der Waals surface area contributed by atoms with Gasteiger partial charge in [0.2, 0.25) is 0 Å². The summed E-state index contributed by atoms with van der Waals surface area (Å²) in [5, 5.41) is 13.0. The van der Waals surface area contributed by atoms with Gasteiger partial charge in [0.1, 0.15) is 6.33 Å². The molecular weight excluding hydrogens is 252 g/mol. The van der Waals surface area contributed by atoms with E-state index in [2.05, 4.69) is 14.8 Å². The number of anilines is 1. The van der Waals surface area contributed by atoms with Crippen LogP contribution in [0.2, 0.25) is 0 Å². The van der Waals surface area contributed by atoms with Gasteiger partial charge in [0.15, 0.2) is 0 Å². The summed E-state index contributed by atoms with van der Waals surface area (Å²) in [6, 6.07) is 4.31. The molecule has 0 bridgehead atoms. The molecule has 0 spiro atoms. The summed E-state index contributed by atoms with van der Waals surface area (Å²) in [6.07, 6.45) is 1.23.